The number of methoxy groups -OCH3 is 2. The number of benzene rings is 1. The lowest BCUT2D eigenvalue weighted by Crippen LogP contribution is -2.31. The van der Waals surface area contributed by atoms with Crippen LogP contribution in [-0.2, 0) is 11.2 Å². The Morgan fingerprint density at radius 2 is 1.76 bits per heavy atom. The maximum absolute atomic E-state index is 12.6. The molecule has 116 valence electrons. The standard InChI is InChI=1S/C15H21NO5/c1-5-16(6-2)15(19)12-7-10(20-3)8-13(21-4)11(12)9-14(17)18/h7-8H,5-6,9H2,1-4H3,(H,17,18). The number of amides is 1. The van der Waals surface area contributed by atoms with Gasteiger partial charge >= 0.3 is 5.97 Å². The number of hydrogen-bond donors (Lipinski definition) is 1. The smallest absolute Gasteiger partial charge is 0.307 e. The fourth-order valence-electron chi connectivity index (χ4n) is 2.13. The molecule has 1 N–H and O–H groups in total. The van der Waals surface area contributed by atoms with Gasteiger partial charge < -0.3 is 19.5 Å². The highest BCUT2D eigenvalue weighted by atomic mass is 16.5. The van der Waals surface area contributed by atoms with Crippen LogP contribution in [0.5, 0.6) is 11.5 Å². The fourth-order valence-corrected chi connectivity index (χ4v) is 2.13. The molecular weight excluding hydrogens is 274 g/mol. The van der Waals surface area contributed by atoms with Crippen LogP contribution >= 0.6 is 0 Å². The molecule has 0 aliphatic rings. The quantitative estimate of drug-likeness (QED) is 0.830. The lowest BCUT2D eigenvalue weighted by Gasteiger charge is -2.21. The highest BCUT2D eigenvalue weighted by molar-refractivity contribution is 5.98. The average molecular weight is 295 g/mol. The Morgan fingerprint density at radius 1 is 1.14 bits per heavy atom. The van der Waals surface area contributed by atoms with E-state index in [1.54, 1.807) is 17.0 Å². The summed E-state index contributed by atoms with van der Waals surface area (Å²) >= 11 is 0. The summed E-state index contributed by atoms with van der Waals surface area (Å²) in [5.74, 6) is -0.454. The molecule has 0 fully saturated rings. The Morgan fingerprint density at radius 3 is 2.19 bits per heavy atom. The molecular formula is C15H21NO5. The van der Waals surface area contributed by atoms with Crippen molar-refractivity contribution in [3.05, 3.63) is 23.3 Å². The molecule has 21 heavy (non-hydrogen) atoms. The van der Waals surface area contributed by atoms with Crippen LogP contribution in [0.4, 0.5) is 0 Å². The van der Waals surface area contributed by atoms with Crippen molar-refractivity contribution in [1.29, 1.82) is 0 Å². The Balaban J connectivity index is 3.43. The Kier molecular flexibility index (Phi) is 6.02. The number of aliphatic carboxylic acids is 1. The lowest BCUT2D eigenvalue weighted by atomic mass is 10.0. The molecule has 0 aliphatic heterocycles. The summed E-state index contributed by atoms with van der Waals surface area (Å²) in [5, 5.41) is 9.06. The predicted octanol–water partition coefficient (Wildman–Crippen LogP) is 1.81. The monoisotopic (exact) mass is 295 g/mol. The van der Waals surface area contributed by atoms with Gasteiger partial charge in [-0.05, 0) is 19.9 Å². The van der Waals surface area contributed by atoms with Crippen LogP contribution in [0.15, 0.2) is 12.1 Å². The maximum Gasteiger partial charge on any atom is 0.307 e. The van der Waals surface area contributed by atoms with E-state index in [0.717, 1.165) is 0 Å². The summed E-state index contributed by atoms with van der Waals surface area (Å²) in [6.07, 6.45) is -0.282. The molecule has 0 heterocycles. The highest BCUT2D eigenvalue weighted by Crippen LogP contribution is 2.30. The van der Waals surface area contributed by atoms with Crippen LogP contribution in [0, 0.1) is 0 Å². The number of hydrogen-bond acceptors (Lipinski definition) is 4. The minimum Gasteiger partial charge on any atom is -0.497 e. The zero-order valence-electron chi connectivity index (χ0n) is 12.8. The Labute approximate surface area is 124 Å². The van der Waals surface area contributed by atoms with Gasteiger partial charge in [0.25, 0.3) is 5.91 Å². The Bertz CT molecular complexity index is 523. The molecule has 0 spiro atoms. The van der Waals surface area contributed by atoms with Crippen molar-refractivity contribution in [2.75, 3.05) is 27.3 Å². The number of carbonyl (C=O) groups excluding carboxylic acids is 1. The van der Waals surface area contributed by atoms with Crippen LogP contribution in [0.1, 0.15) is 29.8 Å². The molecule has 0 bridgehead atoms. The Hall–Kier alpha value is -2.24. The SMILES string of the molecule is CCN(CC)C(=O)c1cc(OC)cc(OC)c1CC(=O)O. The summed E-state index contributed by atoms with van der Waals surface area (Å²) in [5.41, 5.74) is 0.667. The van der Waals surface area contributed by atoms with Crippen molar-refractivity contribution in [3.8, 4) is 11.5 Å². The molecule has 0 saturated carbocycles. The minimum absolute atomic E-state index is 0.228. The van der Waals surface area contributed by atoms with Crippen molar-refractivity contribution in [3.63, 3.8) is 0 Å². The number of carbonyl (C=O) groups is 2. The van der Waals surface area contributed by atoms with Crippen LogP contribution in [0.3, 0.4) is 0 Å². The normalized spacial score (nSPS) is 10.1. The zero-order valence-corrected chi connectivity index (χ0v) is 12.8. The molecule has 6 nitrogen and oxygen atoms in total. The molecule has 1 aromatic rings. The van der Waals surface area contributed by atoms with Gasteiger partial charge in [-0.1, -0.05) is 0 Å². The van der Waals surface area contributed by atoms with E-state index in [9.17, 15) is 9.59 Å². The third-order valence-corrected chi connectivity index (χ3v) is 3.25. The van der Waals surface area contributed by atoms with Crippen LogP contribution < -0.4 is 9.47 Å². The number of nitrogens with zero attached hydrogens (tertiary/aromatic N) is 1. The first-order valence-electron chi connectivity index (χ1n) is 6.74. The molecule has 0 atom stereocenters. The maximum atomic E-state index is 12.6. The fraction of sp³-hybridized carbons (Fsp3) is 0.467. The van der Waals surface area contributed by atoms with E-state index in [4.69, 9.17) is 14.6 Å². The number of rotatable bonds is 7. The largest absolute Gasteiger partial charge is 0.497 e. The molecule has 0 radical (unpaired) electrons. The summed E-state index contributed by atoms with van der Waals surface area (Å²) in [6, 6.07) is 3.14. The first-order valence-corrected chi connectivity index (χ1v) is 6.74. The lowest BCUT2D eigenvalue weighted by molar-refractivity contribution is -0.136. The second kappa shape index (κ2) is 7.52. The average Bonchev–Trinajstić information content (AvgIpc) is 2.47. The van der Waals surface area contributed by atoms with Gasteiger partial charge in [0.05, 0.1) is 26.2 Å². The van der Waals surface area contributed by atoms with Gasteiger partial charge in [0.1, 0.15) is 11.5 Å². The summed E-state index contributed by atoms with van der Waals surface area (Å²) in [7, 11) is 2.92. The highest BCUT2D eigenvalue weighted by Gasteiger charge is 2.22. The first kappa shape index (κ1) is 16.8. The van der Waals surface area contributed by atoms with Crippen LogP contribution in [0.2, 0.25) is 0 Å². The molecule has 0 aromatic heterocycles. The minimum atomic E-state index is -1.02. The second-order valence-corrected chi connectivity index (χ2v) is 4.40. The van der Waals surface area contributed by atoms with Crippen molar-refractivity contribution in [2.24, 2.45) is 0 Å². The molecule has 1 aromatic carbocycles. The van der Waals surface area contributed by atoms with E-state index in [0.29, 0.717) is 35.7 Å². The van der Waals surface area contributed by atoms with Crippen LogP contribution in [0.25, 0.3) is 0 Å². The van der Waals surface area contributed by atoms with Gasteiger partial charge in [0, 0.05) is 24.7 Å². The molecule has 1 amide bonds. The van der Waals surface area contributed by atoms with Gasteiger partial charge in [-0.2, -0.15) is 0 Å². The third kappa shape index (κ3) is 3.87. The van der Waals surface area contributed by atoms with E-state index in [-0.39, 0.29) is 12.3 Å². The molecule has 6 heteroatoms. The number of carboxylic acid groups (broad SMARTS) is 1. The van der Waals surface area contributed by atoms with Gasteiger partial charge in [-0.25, -0.2) is 0 Å². The van der Waals surface area contributed by atoms with E-state index in [1.807, 2.05) is 13.8 Å². The third-order valence-electron chi connectivity index (χ3n) is 3.25. The molecule has 0 aliphatic carbocycles. The topological polar surface area (TPSA) is 76.1 Å². The molecule has 0 unspecified atom stereocenters. The number of carboxylic acids is 1. The van der Waals surface area contributed by atoms with Crippen molar-refractivity contribution in [2.45, 2.75) is 20.3 Å². The summed E-state index contributed by atoms with van der Waals surface area (Å²) < 4.78 is 10.4. The van der Waals surface area contributed by atoms with Crippen molar-refractivity contribution in [1.82, 2.24) is 4.90 Å². The first-order chi connectivity index (χ1) is 9.98. The van der Waals surface area contributed by atoms with Crippen molar-refractivity contribution < 1.29 is 24.2 Å². The summed E-state index contributed by atoms with van der Waals surface area (Å²) in [4.78, 5) is 25.3. The van der Waals surface area contributed by atoms with E-state index in [1.165, 1.54) is 14.2 Å². The van der Waals surface area contributed by atoms with Gasteiger partial charge in [0.2, 0.25) is 0 Å². The van der Waals surface area contributed by atoms with Gasteiger partial charge in [0.15, 0.2) is 0 Å². The number of ether oxygens (including phenoxy) is 2. The molecule has 0 saturated heterocycles. The second-order valence-electron chi connectivity index (χ2n) is 4.40. The van der Waals surface area contributed by atoms with E-state index < -0.39 is 5.97 Å². The van der Waals surface area contributed by atoms with Crippen LogP contribution in [-0.4, -0.2) is 49.2 Å². The van der Waals surface area contributed by atoms with E-state index >= 15 is 0 Å². The zero-order chi connectivity index (χ0) is 16.0. The van der Waals surface area contributed by atoms with Gasteiger partial charge in [-0.3, -0.25) is 9.59 Å². The molecule has 1 rings (SSSR count). The van der Waals surface area contributed by atoms with Crippen molar-refractivity contribution >= 4 is 11.9 Å². The predicted molar refractivity (Wildman–Crippen MR) is 78.1 cm³/mol. The summed E-state index contributed by atoms with van der Waals surface area (Å²) in [6.45, 7) is 4.83. The van der Waals surface area contributed by atoms with E-state index in [2.05, 4.69) is 0 Å². The van der Waals surface area contributed by atoms with Gasteiger partial charge in [-0.15, -0.1) is 0 Å².